The third-order valence-corrected chi connectivity index (χ3v) is 4.91. The van der Waals surface area contributed by atoms with E-state index in [4.69, 9.17) is 25.8 Å². The lowest BCUT2D eigenvalue weighted by molar-refractivity contribution is -0.384. The fourth-order valence-electron chi connectivity index (χ4n) is 2.76. The Morgan fingerprint density at radius 3 is 2.71 bits per heavy atom. The van der Waals surface area contributed by atoms with Crippen LogP contribution in [-0.2, 0) is 9.53 Å². The third-order valence-electron chi connectivity index (χ3n) is 4.00. The number of nitro groups is 1. The lowest BCUT2D eigenvalue weighted by Gasteiger charge is -2.16. The molecule has 0 fully saturated rings. The number of aliphatic imine (C=N–C) groups is 1. The summed E-state index contributed by atoms with van der Waals surface area (Å²) in [6.07, 6.45) is 1.48. The molecule has 0 atom stereocenters. The van der Waals surface area contributed by atoms with Gasteiger partial charge in [0.2, 0.25) is 5.90 Å². The number of carbonyl (C=O) groups excluding carboxylic acids is 1. The zero-order valence-electron chi connectivity index (χ0n) is 16.8. The van der Waals surface area contributed by atoms with Crippen LogP contribution >= 0.6 is 27.5 Å². The lowest BCUT2D eigenvalue weighted by Crippen LogP contribution is -2.08. The van der Waals surface area contributed by atoms with E-state index >= 15 is 0 Å². The molecule has 0 saturated carbocycles. The van der Waals surface area contributed by atoms with Gasteiger partial charge in [0, 0.05) is 11.6 Å². The predicted molar refractivity (Wildman–Crippen MR) is 120 cm³/mol. The van der Waals surface area contributed by atoms with Crippen LogP contribution in [0.5, 0.6) is 11.5 Å². The van der Waals surface area contributed by atoms with E-state index in [1.54, 1.807) is 12.1 Å². The molecule has 0 bridgehead atoms. The van der Waals surface area contributed by atoms with E-state index in [1.165, 1.54) is 24.3 Å². The molecule has 0 aliphatic carbocycles. The predicted octanol–water partition coefficient (Wildman–Crippen LogP) is 5.54. The number of nitro benzene ring substituents is 1. The maximum absolute atomic E-state index is 12.3. The monoisotopic (exact) mass is 508 g/mol. The highest BCUT2D eigenvalue weighted by atomic mass is 79.9. The number of esters is 1. The molecule has 1 aliphatic heterocycles. The van der Waals surface area contributed by atoms with Crippen molar-refractivity contribution in [2.75, 3.05) is 6.61 Å². The normalized spacial score (nSPS) is 14.6. The summed E-state index contributed by atoms with van der Waals surface area (Å²) in [6.45, 7) is 6.10. The molecule has 0 saturated heterocycles. The first-order valence-electron chi connectivity index (χ1n) is 9.29. The summed E-state index contributed by atoms with van der Waals surface area (Å²) in [6, 6.07) is 7.55. The Bertz CT molecular complexity index is 1110. The van der Waals surface area contributed by atoms with Crippen molar-refractivity contribution in [3.63, 3.8) is 0 Å². The molecule has 0 N–H and O–H groups in total. The quantitative estimate of drug-likeness (QED) is 0.210. The molecule has 2 aromatic carbocycles. The Hall–Kier alpha value is -2.91. The summed E-state index contributed by atoms with van der Waals surface area (Å²) in [7, 11) is 0. The standard InChI is InChI=1S/C21H18BrClN2O6/c1-4-29-18-9-12(7-14(22)19(18)30-11(2)3)8-16-21(26)31-20(24-16)13-5-6-15(23)17(10-13)25(27)28/h5-11H,4H2,1-3H3/b16-8-. The number of hydrogen-bond donors (Lipinski definition) is 0. The lowest BCUT2D eigenvalue weighted by atomic mass is 10.1. The number of benzene rings is 2. The zero-order chi connectivity index (χ0) is 22.7. The van der Waals surface area contributed by atoms with Crippen molar-refractivity contribution in [2.45, 2.75) is 26.9 Å². The van der Waals surface area contributed by atoms with Crippen LogP contribution in [0.15, 0.2) is 45.5 Å². The molecule has 1 heterocycles. The van der Waals surface area contributed by atoms with Gasteiger partial charge in [0.1, 0.15) is 5.02 Å². The number of halogens is 2. The first-order chi connectivity index (χ1) is 14.7. The highest BCUT2D eigenvalue weighted by Crippen LogP contribution is 2.38. The molecular weight excluding hydrogens is 492 g/mol. The molecule has 162 valence electrons. The van der Waals surface area contributed by atoms with Crippen molar-refractivity contribution in [1.29, 1.82) is 0 Å². The van der Waals surface area contributed by atoms with E-state index in [-0.39, 0.29) is 34.0 Å². The van der Waals surface area contributed by atoms with Gasteiger partial charge in [-0.3, -0.25) is 10.1 Å². The van der Waals surface area contributed by atoms with E-state index in [2.05, 4.69) is 20.9 Å². The number of hydrogen-bond acceptors (Lipinski definition) is 7. The summed E-state index contributed by atoms with van der Waals surface area (Å²) in [4.78, 5) is 27.0. The van der Waals surface area contributed by atoms with E-state index in [0.29, 0.717) is 28.1 Å². The molecule has 0 spiro atoms. The Labute approximate surface area is 191 Å². The molecule has 0 radical (unpaired) electrons. The molecule has 1 aliphatic rings. The van der Waals surface area contributed by atoms with Crippen LogP contribution in [0, 0.1) is 10.1 Å². The number of cyclic esters (lactones) is 1. The molecule has 10 heteroatoms. The first-order valence-corrected chi connectivity index (χ1v) is 10.5. The minimum Gasteiger partial charge on any atom is -0.490 e. The minimum atomic E-state index is -0.677. The number of carbonyl (C=O) groups is 1. The number of ether oxygens (including phenoxy) is 3. The number of rotatable bonds is 7. The van der Waals surface area contributed by atoms with Gasteiger partial charge in [-0.25, -0.2) is 9.79 Å². The Morgan fingerprint density at radius 2 is 2.06 bits per heavy atom. The third kappa shape index (κ3) is 5.23. The second-order valence-corrected chi connectivity index (χ2v) is 7.95. The van der Waals surface area contributed by atoms with Gasteiger partial charge in [0.05, 0.1) is 22.1 Å². The first kappa shape index (κ1) is 22.8. The number of nitrogens with zero attached hydrogens (tertiary/aromatic N) is 2. The molecular formula is C21H18BrClN2O6. The fraction of sp³-hybridized carbons (Fsp3) is 0.238. The molecule has 2 aromatic rings. The fourth-order valence-corrected chi connectivity index (χ4v) is 3.50. The van der Waals surface area contributed by atoms with Gasteiger partial charge < -0.3 is 14.2 Å². The topological polar surface area (TPSA) is 100 Å². The van der Waals surface area contributed by atoms with Crippen molar-refractivity contribution in [3.8, 4) is 11.5 Å². The molecule has 0 unspecified atom stereocenters. The van der Waals surface area contributed by atoms with Crippen LogP contribution in [0.3, 0.4) is 0 Å². The van der Waals surface area contributed by atoms with Crippen LogP contribution in [0.2, 0.25) is 5.02 Å². The molecule has 31 heavy (non-hydrogen) atoms. The van der Waals surface area contributed by atoms with Gasteiger partial charge in [-0.05, 0) is 72.6 Å². The maximum Gasteiger partial charge on any atom is 0.363 e. The van der Waals surface area contributed by atoms with Crippen LogP contribution in [0.25, 0.3) is 6.08 Å². The largest absolute Gasteiger partial charge is 0.490 e. The summed E-state index contributed by atoms with van der Waals surface area (Å²) in [5.41, 5.74) is 0.635. The SMILES string of the molecule is CCOc1cc(/C=C2\N=C(c3ccc(Cl)c([N+](=O)[O-])c3)OC2=O)cc(Br)c1OC(C)C. The maximum atomic E-state index is 12.3. The average Bonchev–Trinajstić information content (AvgIpc) is 3.05. The van der Waals surface area contributed by atoms with Crippen LogP contribution in [0.1, 0.15) is 31.9 Å². The molecule has 0 amide bonds. The Kier molecular flexibility index (Phi) is 6.97. The second-order valence-electron chi connectivity index (χ2n) is 6.69. The van der Waals surface area contributed by atoms with Gasteiger partial charge in [0.25, 0.3) is 5.69 Å². The van der Waals surface area contributed by atoms with E-state index in [0.717, 1.165) is 0 Å². The van der Waals surface area contributed by atoms with Crippen molar-refractivity contribution in [3.05, 3.63) is 66.8 Å². The molecule has 8 nitrogen and oxygen atoms in total. The van der Waals surface area contributed by atoms with Crippen molar-refractivity contribution >= 4 is 51.2 Å². The smallest absolute Gasteiger partial charge is 0.363 e. The van der Waals surface area contributed by atoms with E-state index in [9.17, 15) is 14.9 Å². The average molecular weight is 510 g/mol. The van der Waals surface area contributed by atoms with Crippen LogP contribution in [-0.4, -0.2) is 29.5 Å². The summed E-state index contributed by atoms with van der Waals surface area (Å²) in [5.74, 6) is 0.357. The van der Waals surface area contributed by atoms with Crippen LogP contribution < -0.4 is 9.47 Å². The van der Waals surface area contributed by atoms with E-state index < -0.39 is 10.9 Å². The van der Waals surface area contributed by atoms with E-state index in [1.807, 2.05) is 20.8 Å². The van der Waals surface area contributed by atoms with Crippen molar-refractivity contribution < 1.29 is 23.9 Å². The molecule has 0 aromatic heterocycles. The minimum absolute atomic E-state index is 0.0218. The summed E-state index contributed by atoms with van der Waals surface area (Å²) < 4.78 is 17.3. The summed E-state index contributed by atoms with van der Waals surface area (Å²) in [5, 5.41) is 11.1. The zero-order valence-corrected chi connectivity index (χ0v) is 19.2. The van der Waals surface area contributed by atoms with Gasteiger partial charge >= 0.3 is 5.97 Å². The van der Waals surface area contributed by atoms with Crippen LogP contribution in [0.4, 0.5) is 5.69 Å². The van der Waals surface area contributed by atoms with Gasteiger partial charge in [-0.2, -0.15) is 0 Å². The summed E-state index contributed by atoms with van der Waals surface area (Å²) >= 11 is 9.31. The Morgan fingerprint density at radius 1 is 1.32 bits per heavy atom. The van der Waals surface area contributed by atoms with Gasteiger partial charge in [-0.1, -0.05) is 11.6 Å². The van der Waals surface area contributed by atoms with Crippen molar-refractivity contribution in [2.24, 2.45) is 4.99 Å². The highest BCUT2D eigenvalue weighted by Gasteiger charge is 2.26. The second kappa shape index (κ2) is 9.49. The highest BCUT2D eigenvalue weighted by molar-refractivity contribution is 9.10. The Balaban J connectivity index is 1.98. The van der Waals surface area contributed by atoms with Gasteiger partial charge in [0.15, 0.2) is 17.2 Å². The van der Waals surface area contributed by atoms with Crippen molar-refractivity contribution in [1.82, 2.24) is 0 Å². The molecule has 3 rings (SSSR count). The van der Waals surface area contributed by atoms with Gasteiger partial charge in [-0.15, -0.1) is 0 Å².